The first-order valence-corrected chi connectivity index (χ1v) is 14.3. The van der Waals surface area contributed by atoms with Crippen molar-refractivity contribution in [2.45, 2.75) is 56.6 Å². The van der Waals surface area contributed by atoms with Gasteiger partial charge in [0, 0.05) is 23.4 Å². The molecule has 1 saturated carbocycles. The van der Waals surface area contributed by atoms with Crippen molar-refractivity contribution in [2.24, 2.45) is 4.99 Å². The van der Waals surface area contributed by atoms with E-state index >= 15 is 0 Å². The van der Waals surface area contributed by atoms with E-state index in [0.29, 0.717) is 28.5 Å². The Balaban J connectivity index is 1.39. The molecule has 8 heteroatoms. The monoisotopic (exact) mass is 539 g/mol. The minimum Gasteiger partial charge on any atom is -0.496 e. The number of piperidine rings is 1. The molecule has 0 unspecified atom stereocenters. The molecule has 40 heavy (non-hydrogen) atoms. The molecule has 208 valence electrons. The lowest BCUT2D eigenvalue weighted by Crippen LogP contribution is -2.29. The van der Waals surface area contributed by atoms with E-state index in [0.717, 1.165) is 68.2 Å². The first-order valence-electron chi connectivity index (χ1n) is 14.3. The van der Waals surface area contributed by atoms with Gasteiger partial charge >= 0.3 is 0 Å². The summed E-state index contributed by atoms with van der Waals surface area (Å²) in [6.07, 6.45) is 6.87. The molecule has 0 atom stereocenters. The van der Waals surface area contributed by atoms with Gasteiger partial charge < -0.3 is 24.3 Å². The van der Waals surface area contributed by atoms with Gasteiger partial charge in [0.05, 0.1) is 29.9 Å². The van der Waals surface area contributed by atoms with Crippen molar-refractivity contribution >= 4 is 16.9 Å². The number of imidazole rings is 1. The number of benzene rings is 2. The number of nitrogens with one attached hydrogen (secondary N) is 1. The van der Waals surface area contributed by atoms with Crippen molar-refractivity contribution in [3.05, 3.63) is 77.5 Å². The predicted octanol–water partition coefficient (Wildman–Crippen LogP) is 5.07. The third kappa shape index (κ3) is 5.33. The van der Waals surface area contributed by atoms with Crippen LogP contribution >= 0.6 is 0 Å². The average molecular weight is 540 g/mol. The molecule has 2 aromatic heterocycles. The molecule has 8 nitrogen and oxygen atoms in total. The Morgan fingerprint density at radius 3 is 2.58 bits per heavy atom. The summed E-state index contributed by atoms with van der Waals surface area (Å²) in [5.41, 5.74) is 5.88. The normalized spacial score (nSPS) is 21.1. The molecule has 0 spiro atoms. The van der Waals surface area contributed by atoms with Gasteiger partial charge in [-0.2, -0.15) is 4.99 Å². The number of hydrogen-bond donors (Lipinski definition) is 2. The summed E-state index contributed by atoms with van der Waals surface area (Å²) in [4.78, 5) is 28.6. The Bertz CT molecular complexity index is 1570. The summed E-state index contributed by atoms with van der Waals surface area (Å²) < 4.78 is 7.68. The molecule has 1 aliphatic carbocycles. The molecule has 1 amide bonds. The van der Waals surface area contributed by atoms with Crippen LogP contribution in [0, 0.1) is 0 Å². The summed E-state index contributed by atoms with van der Waals surface area (Å²) >= 11 is 0. The van der Waals surface area contributed by atoms with Crippen LogP contribution in [-0.2, 0) is 0 Å². The standard InChI is InChI=1S/C32H37N5O3/c1-36-17-14-21(15-18-36)22-7-12-29-28(19-22)34-32(37(29)24-8-10-25(38)11-9-24)35-31(39)23-13-16-33-27(20-23)26-5-3-4-6-30(26)40-2/h3-7,12-13,16,19-21,24-25,38H,8-11,14-15,17-18H2,1-2H3,(H,34,35,39)/t24-,25+. The van der Waals surface area contributed by atoms with E-state index in [9.17, 15) is 9.90 Å². The maximum absolute atomic E-state index is 13.6. The number of carbonyl (C=O) groups is 1. The largest absolute Gasteiger partial charge is 0.496 e. The molecule has 1 saturated heterocycles. The second-order valence-corrected chi connectivity index (χ2v) is 11.2. The van der Waals surface area contributed by atoms with Gasteiger partial charge in [-0.3, -0.25) is 9.78 Å². The Hall–Kier alpha value is -3.75. The third-order valence-corrected chi connectivity index (χ3v) is 8.57. The van der Waals surface area contributed by atoms with Crippen LogP contribution in [0.5, 0.6) is 5.75 Å². The fourth-order valence-electron chi connectivity index (χ4n) is 6.25. The smallest absolute Gasteiger partial charge is 0.280 e. The minimum absolute atomic E-state index is 0.166. The minimum atomic E-state index is -0.328. The molecular formula is C32H37N5O3. The number of aliphatic hydroxyl groups is 1. The van der Waals surface area contributed by atoms with Crippen LogP contribution in [0.3, 0.4) is 0 Å². The zero-order valence-electron chi connectivity index (χ0n) is 23.2. The number of ether oxygens (including phenoxy) is 1. The molecule has 2 N–H and O–H groups in total. The number of rotatable bonds is 5. The lowest BCUT2D eigenvalue weighted by atomic mass is 9.89. The fraction of sp³-hybridized carbons (Fsp3) is 0.406. The van der Waals surface area contributed by atoms with Crippen LogP contribution in [0.25, 0.3) is 22.3 Å². The van der Waals surface area contributed by atoms with Crippen molar-refractivity contribution in [3.63, 3.8) is 0 Å². The summed E-state index contributed by atoms with van der Waals surface area (Å²) in [7, 11) is 3.81. The number of methoxy groups -OCH3 is 1. The molecular weight excluding hydrogens is 502 g/mol. The number of fused-ring (bicyclic) bond motifs is 1. The maximum Gasteiger partial charge on any atom is 0.280 e. The first kappa shape index (κ1) is 26.5. The van der Waals surface area contributed by atoms with Gasteiger partial charge in [-0.05, 0) is 107 Å². The highest BCUT2D eigenvalue weighted by Gasteiger charge is 2.25. The van der Waals surface area contributed by atoms with E-state index in [2.05, 4.69) is 49.7 Å². The molecule has 2 aromatic carbocycles. The Morgan fingerprint density at radius 1 is 1.02 bits per heavy atom. The van der Waals surface area contributed by atoms with Crippen LogP contribution < -0.4 is 10.4 Å². The number of H-pyrrole nitrogens is 1. The van der Waals surface area contributed by atoms with E-state index in [1.165, 1.54) is 5.56 Å². The number of aromatic nitrogens is 3. The number of amides is 1. The zero-order chi connectivity index (χ0) is 27.6. The zero-order valence-corrected chi connectivity index (χ0v) is 23.2. The van der Waals surface area contributed by atoms with Crippen LogP contribution in [0.1, 0.15) is 66.4 Å². The highest BCUT2D eigenvalue weighted by Crippen LogP contribution is 2.33. The number of para-hydroxylation sites is 1. The van der Waals surface area contributed by atoms with Gasteiger partial charge in [0.1, 0.15) is 5.75 Å². The summed E-state index contributed by atoms with van der Waals surface area (Å²) in [5, 5.41) is 10.1. The SMILES string of the molecule is COc1ccccc1-c1cc(C(=O)/N=c2\[nH]c3cc(C4CCN(C)CC4)ccc3n2[C@H]2CC[C@@H](O)CC2)ccn1. The van der Waals surface area contributed by atoms with Gasteiger partial charge in [0.25, 0.3) is 5.91 Å². The molecule has 2 aliphatic rings. The summed E-state index contributed by atoms with van der Waals surface area (Å²) in [6, 6.07) is 17.9. The molecule has 0 bridgehead atoms. The second-order valence-electron chi connectivity index (χ2n) is 11.2. The average Bonchev–Trinajstić information content (AvgIpc) is 3.35. The molecule has 0 radical (unpaired) electrons. The first-order chi connectivity index (χ1) is 19.5. The molecule has 3 heterocycles. The van der Waals surface area contributed by atoms with Crippen molar-refractivity contribution in [2.75, 3.05) is 27.2 Å². The van der Waals surface area contributed by atoms with Crippen molar-refractivity contribution in [3.8, 4) is 17.0 Å². The predicted molar refractivity (Wildman–Crippen MR) is 155 cm³/mol. The number of pyridine rings is 1. The fourth-order valence-corrected chi connectivity index (χ4v) is 6.25. The van der Waals surface area contributed by atoms with Gasteiger partial charge in [0.2, 0.25) is 5.62 Å². The highest BCUT2D eigenvalue weighted by molar-refractivity contribution is 5.96. The number of likely N-dealkylation sites (tertiary alicyclic amines) is 1. The van der Waals surface area contributed by atoms with E-state index in [1.807, 2.05) is 24.3 Å². The number of nitrogens with zero attached hydrogens (tertiary/aromatic N) is 4. The molecule has 6 rings (SSSR count). The van der Waals surface area contributed by atoms with Crippen LogP contribution in [0.2, 0.25) is 0 Å². The molecule has 4 aromatic rings. The van der Waals surface area contributed by atoms with Crippen molar-refractivity contribution < 1.29 is 14.6 Å². The van der Waals surface area contributed by atoms with Gasteiger partial charge in [-0.1, -0.05) is 18.2 Å². The van der Waals surface area contributed by atoms with Crippen LogP contribution in [0.15, 0.2) is 65.8 Å². The van der Waals surface area contributed by atoms with Gasteiger partial charge in [-0.25, -0.2) is 0 Å². The summed E-state index contributed by atoms with van der Waals surface area (Å²) in [6.45, 7) is 2.21. The topological polar surface area (TPSA) is 95.7 Å². The van der Waals surface area contributed by atoms with Crippen molar-refractivity contribution in [1.29, 1.82) is 0 Å². The van der Waals surface area contributed by atoms with E-state index in [1.54, 1.807) is 25.4 Å². The summed E-state index contributed by atoms with van der Waals surface area (Å²) in [5.74, 6) is 0.907. The number of aliphatic hydroxyl groups excluding tert-OH is 1. The Kier molecular flexibility index (Phi) is 7.54. The van der Waals surface area contributed by atoms with E-state index in [-0.39, 0.29) is 18.1 Å². The Labute approximate surface area is 234 Å². The van der Waals surface area contributed by atoms with Crippen LogP contribution in [0.4, 0.5) is 0 Å². The molecule has 1 aliphatic heterocycles. The quantitative estimate of drug-likeness (QED) is 0.369. The second kappa shape index (κ2) is 11.4. The van der Waals surface area contributed by atoms with E-state index < -0.39 is 0 Å². The maximum atomic E-state index is 13.6. The number of carbonyl (C=O) groups excluding carboxylic acids is 1. The van der Waals surface area contributed by atoms with Gasteiger partial charge in [0.15, 0.2) is 0 Å². The van der Waals surface area contributed by atoms with E-state index in [4.69, 9.17) is 4.74 Å². The number of hydrogen-bond acceptors (Lipinski definition) is 5. The Morgan fingerprint density at radius 2 is 1.80 bits per heavy atom. The van der Waals surface area contributed by atoms with Gasteiger partial charge in [-0.15, -0.1) is 0 Å². The third-order valence-electron chi connectivity index (χ3n) is 8.57. The lowest BCUT2D eigenvalue weighted by Gasteiger charge is -2.29. The number of aromatic amines is 1. The molecule has 2 fully saturated rings. The van der Waals surface area contributed by atoms with Crippen LogP contribution in [-0.4, -0.2) is 63.8 Å². The lowest BCUT2D eigenvalue weighted by molar-refractivity contribution is 0.0990. The van der Waals surface area contributed by atoms with Crippen molar-refractivity contribution in [1.82, 2.24) is 19.4 Å². The highest BCUT2D eigenvalue weighted by atomic mass is 16.5.